The van der Waals surface area contributed by atoms with Gasteiger partial charge in [0.15, 0.2) is 0 Å². The van der Waals surface area contributed by atoms with Crippen molar-refractivity contribution in [1.29, 1.82) is 0 Å². The Kier molecular flexibility index (Phi) is 3.13. The van der Waals surface area contributed by atoms with Crippen LogP contribution >= 0.6 is 11.3 Å². The van der Waals surface area contributed by atoms with Crippen molar-refractivity contribution >= 4 is 11.3 Å². The molecular formula is C15H23N3S. The molecule has 104 valence electrons. The predicted octanol–water partition coefficient (Wildman–Crippen LogP) is 2.51. The van der Waals surface area contributed by atoms with E-state index >= 15 is 0 Å². The third-order valence-corrected chi connectivity index (χ3v) is 5.85. The van der Waals surface area contributed by atoms with Gasteiger partial charge in [-0.1, -0.05) is 0 Å². The van der Waals surface area contributed by atoms with E-state index in [2.05, 4.69) is 27.1 Å². The summed E-state index contributed by atoms with van der Waals surface area (Å²) in [6.45, 7) is 7.16. The highest BCUT2D eigenvalue weighted by atomic mass is 32.1. The minimum atomic E-state index is 0.806. The fourth-order valence-corrected chi connectivity index (χ4v) is 4.51. The maximum atomic E-state index is 4.63. The summed E-state index contributed by atoms with van der Waals surface area (Å²) in [7, 11) is 0. The van der Waals surface area contributed by atoms with E-state index in [1.54, 1.807) is 11.3 Å². The minimum absolute atomic E-state index is 0.806. The average molecular weight is 277 g/mol. The molecule has 2 aliphatic heterocycles. The van der Waals surface area contributed by atoms with Gasteiger partial charge in [0, 0.05) is 43.6 Å². The van der Waals surface area contributed by atoms with Gasteiger partial charge in [0.05, 0.1) is 10.7 Å². The van der Waals surface area contributed by atoms with Crippen molar-refractivity contribution in [1.82, 2.24) is 14.8 Å². The molecule has 4 heteroatoms. The van der Waals surface area contributed by atoms with Crippen molar-refractivity contribution in [2.24, 2.45) is 5.92 Å². The molecule has 4 rings (SSSR count). The lowest BCUT2D eigenvalue weighted by atomic mass is 10.1. The van der Waals surface area contributed by atoms with Crippen LogP contribution in [0.2, 0.25) is 0 Å². The lowest BCUT2D eigenvalue weighted by Gasteiger charge is -2.25. The molecule has 3 aliphatic rings. The van der Waals surface area contributed by atoms with Crippen LogP contribution in [-0.2, 0) is 6.54 Å². The van der Waals surface area contributed by atoms with Crippen LogP contribution in [0, 0.1) is 12.8 Å². The van der Waals surface area contributed by atoms with E-state index in [4.69, 9.17) is 0 Å². The predicted molar refractivity (Wildman–Crippen MR) is 78.4 cm³/mol. The van der Waals surface area contributed by atoms with Gasteiger partial charge in [0.25, 0.3) is 0 Å². The van der Waals surface area contributed by atoms with Gasteiger partial charge >= 0.3 is 0 Å². The number of hydrogen-bond donors (Lipinski definition) is 0. The molecule has 1 saturated carbocycles. The molecule has 1 aromatic rings. The molecule has 1 aromatic heterocycles. The van der Waals surface area contributed by atoms with Crippen LogP contribution in [0.3, 0.4) is 0 Å². The number of aromatic nitrogens is 1. The van der Waals surface area contributed by atoms with E-state index in [1.165, 1.54) is 56.0 Å². The number of fused-ring (bicyclic) bond motifs is 1. The monoisotopic (exact) mass is 277 g/mol. The molecule has 2 saturated heterocycles. The Bertz CT molecular complexity index is 454. The zero-order valence-corrected chi connectivity index (χ0v) is 12.5. The molecule has 0 bridgehead atoms. The molecule has 2 atom stereocenters. The molecule has 0 unspecified atom stereocenters. The van der Waals surface area contributed by atoms with Gasteiger partial charge in [0.1, 0.15) is 0 Å². The number of nitrogens with zero attached hydrogens (tertiary/aromatic N) is 3. The first-order valence-corrected chi connectivity index (χ1v) is 8.56. The third-order valence-electron chi connectivity index (χ3n) is 5.03. The number of likely N-dealkylation sites (tertiary alicyclic amines) is 2. The van der Waals surface area contributed by atoms with Crippen LogP contribution < -0.4 is 0 Å². The maximum Gasteiger partial charge on any atom is 0.0897 e. The van der Waals surface area contributed by atoms with E-state index in [0.29, 0.717) is 0 Å². The Balaban J connectivity index is 1.40. The third kappa shape index (κ3) is 2.46. The van der Waals surface area contributed by atoms with Gasteiger partial charge in [-0.15, -0.1) is 11.3 Å². The lowest BCUT2D eigenvalue weighted by molar-refractivity contribution is 0.211. The Hall–Kier alpha value is -0.450. The molecule has 3 fully saturated rings. The van der Waals surface area contributed by atoms with Crippen molar-refractivity contribution in [3.8, 4) is 0 Å². The average Bonchev–Trinajstić information content (AvgIpc) is 2.80. The molecule has 3 heterocycles. The summed E-state index contributed by atoms with van der Waals surface area (Å²) >= 11 is 1.78. The normalized spacial score (nSPS) is 32.1. The molecular weight excluding hydrogens is 254 g/mol. The Morgan fingerprint density at radius 2 is 1.89 bits per heavy atom. The van der Waals surface area contributed by atoms with E-state index in [0.717, 1.165) is 24.5 Å². The second kappa shape index (κ2) is 4.83. The van der Waals surface area contributed by atoms with Crippen molar-refractivity contribution in [3.05, 3.63) is 16.1 Å². The fraction of sp³-hybridized carbons (Fsp3) is 0.800. The zero-order valence-electron chi connectivity index (χ0n) is 11.7. The van der Waals surface area contributed by atoms with Gasteiger partial charge in [0.2, 0.25) is 0 Å². The van der Waals surface area contributed by atoms with Crippen LogP contribution in [0.25, 0.3) is 0 Å². The maximum absolute atomic E-state index is 4.63. The topological polar surface area (TPSA) is 19.4 Å². The van der Waals surface area contributed by atoms with Crippen molar-refractivity contribution in [2.75, 3.05) is 19.6 Å². The Morgan fingerprint density at radius 3 is 2.58 bits per heavy atom. The van der Waals surface area contributed by atoms with Gasteiger partial charge in [-0.05, 0) is 38.5 Å². The van der Waals surface area contributed by atoms with E-state index in [-0.39, 0.29) is 0 Å². The molecule has 3 nitrogen and oxygen atoms in total. The summed E-state index contributed by atoms with van der Waals surface area (Å²) in [4.78, 5) is 10.1. The molecule has 0 spiro atoms. The van der Waals surface area contributed by atoms with Crippen LogP contribution in [-0.4, -0.2) is 46.5 Å². The summed E-state index contributed by atoms with van der Waals surface area (Å²) in [6, 6.07) is 1.65. The van der Waals surface area contributed by atoms with Crippen LogP contribution in [0.4, 0.5) is 0 Å². The first kappa shape index (κ1) is 12.3. The fourth-order valence-electron chi connectivity index (χ4n) is 3.91. The largest absolute Gasteiger partial charge is 0.298 e. The van der Waals surface area contributed by atoms with Crippen molar-refractivity contribution in [3.63, 3.8) is 0 Å². The van der Waals surface area contributed by atoms with Gasteiger partial charge < -0.3 is 0 Å². The molecule has 1 aliphatic carbocycles. The Labute approximate surface area is 119 Å². The highest BCUT2D eigenvalue weighted by Crippen LogP contribution is 2.37. The lowest BCUT2D eigenvalue weighted by Crippen LogP contribution is -2.37. The van der Waals surface area contributed by atoms with E-state index in [1.807, 2.05) is 0 Å². The van der Waals surface area contributed by atoms with Gasteiger partial charge in [-0.3, -0.25) is 9.80 Å². The highest BCUT2D eigenvalue weighted by Gasteiger charge is 2.43. The summed E-state index contributed by atoms with van der Waals surface area (Å²) < 4.78 is 0. The molecule has 19 heavy (non-hydrogen) atoms. The minimum Gasteiger partial charge on any atom is -0.298 e. The summed E-state index contributed by atoms with van der Waals surface area (Å²) in [5.41, 5.74) is 1.28. The second-order valence-electron chi connectivity index (χ2n) is 6.48. The van der Waals surface area contributed by atoms with Crippen LogP contribution in [0.5, 0.6) is 0 Å². The summed E-state index contributed by atoms with van der Waals surface area (Å²) in [5.74, 6) is 1.04. The molecule has 0 radical (unpaired) electrons. The van der Waals surface area contributed by atoms with Gasteiger partial charge in [-0.2, -0.15) is 0 Å². The number of thiazole rings is 1. The van der Waals surface area contributed by atoms with E-state index < -0.39 is 0 Å². The number of aryl methyl sites for hydroxylation is 1. The summed E-state index contributed by atoms with van der Waals surface area (Å²) in [5, 5.41) is 3.44. The van der Waals surface area contributed by atoms with Gasteiger partial charge in [-0.25, -0.2) is 4.98 Å². The van der Waals surface area contributed by atoms with Crippen LogP contribution in [0.1, 0.15) is 36.4 Å². The van der Waals surface area contributed by atoms with Crippen molar-refractivity contribution in [2.45, 2.75) is 51.2 Å². The first-order valence-electron chi connectivity index (χ1n) is 7.69. The first-order chi connectivity index (χ1) is 9.29. The quantitative estimate of drug-likeness (QED) is 0.843. The van der Waals surface area contributed by atoms with E-state index in [9.17, 15) is 0 Å². The standard InChI is InChI=1S/C15H23N3S/c1-11-16-13(10-19-11)9-18-7-5-14-15(18)4-6-17(14)8-12-2-3-12/h10,12,14-15H,2-9H2,1H3/t14-,15-/m0/s1. The second-order valence-corrected chi connectivity index (χ2v) is 7.54. The summed E-state index contributed by atoms with van der Waals surface area (Å²) in [6.07, 6.45) is 5.71. The van der Waals surface area contributed by atoms with Crippen molar-refractivity contribution < 1.29 is 0 Å². The molecule has 0 N–H and O–H groups in total. The SMILES string of the molecule is Cc1nc(CN2CC[C@H]3[C@@H]2CCN3CC2CC2)cs1. The highest BCUT2D eigenvalue weighted by molar-refractivity contribution is 7.09. The van der Waals surface area contributed by atoms with Crippen LogP contribution in [0.15, 0.2) is 5.38 Å². The molecule has 0 aromatic carbocycles. The zero-order chi connectivity index (χ0) is 12.8. The number of hydrogen-bond acceptors (Lipinski definition) is 4. The Morgan fingerprint density at radius 1 is 1.16 bits per heavy atom. The molecule has 0 amide bonds. The number of rotatable bonds is 4. The smallest absolute Gasteiger partial charge is 0.0897 e.